The van der Waals surface area contributed by atoms with Crippen LogP contribution in [0.25, 0.3) is 0 Å². The molecule has 1 saturated heterocycles. The average Bonchev–Trinajstić information content (AvgIpc) is 3.24. The van der Waals surface area contributed by atoms with E-state index in [1.807, 2.05) is 0 Å². The predicted molar refractivity (Wildman–Crippen MR) is 127 cm³/mol. The summed E-state index contributed by atoms with van der Waals surface area (Å²) in [6.07, 6.45) is 3.00. The van der Waals surface area contributed by atoms with Gasteiger partial charge in [-0.15, -0.1) is 0 Å². The summed E-state index contributed by atoms with van der Waals surface area (Å²) in [6, 6.07) is 3.62. The van der Waals surface area contributed by atoms with Crippen LogP contribution in [0, 0.1) is 0 Å². The van der Waals surface area contributed by atoms with Gasteiger partial charge < -0.3 is 19.5 Å². The van der Waals surface area contributed by atoms with E-state index < -0.39 is 39.8 Å². The highest BCUT2D eigenvalue weighted by molar-refractivity contribution is 7.85. The zero-order valence-electron chi connectivity index (χ0n) is 19.0. The van der Waals surface area contributed by atoms with E-state index in [-0.39, 0.29) is 23.1 Å². The van der Waals surface area contributed by atoms with Gasteiger partial charge in [-0.1, -0.05) is 0 Å². The first-order chi connectivity index (χ1) is 15.9. The monoisotopic (exact) mass is 511 g/mol. The number of hydrogen-bond acceptors (Lipinski definition) is 8. The second-order valence-electron chi connectivity index (χ2n) is 7.82. The average molecular weight is 512 g/mol. The van der Waals surface area contributed by atoms with Gasteiger partial charge in [0.1, 0.15) is 17.5 Å². The number of carboxylic acid groups (broad SMARTS) is 1. The largest absolute Gasteiger partial charge is 0.497 e. The minimum atomic E-state index is -4.17. The molecule has 2 aliphatic rings. The maximum absolute atomic E-state index is 12.7. The van der Waals surface area contributed by atoms with Crippen LogP contribution >= 0.6 is 12.2 Å². The Labute approximate surface area is 202 Å². The molecule has 3 rings (SSSR count). The Balaban J connectivity index is 2.03. The van der Waals surface area contributed by atoms with E-state index >= 15 is 0 Å². The summed E-state index contributed by atoms with van der Waals surface area (Å²) in [5.74, 6) is -0.812. The van der Waals surface area contributed by atoms with E-state index in [9.17, 15) is 23.1 Å². The topological polar surface area (TPSA) is 137 Å². The first-order valence-electron chi connectivity index (χ1n) is 10.2. The van der Waals surface area contributed by atoms with Crippen molar-refractivity contribution >= 4 is 45.0 Å². The number of thiocarbonyl (C=S) groups is 1. The Morgan fingerprint density at radius 1 is 1.26 bits per heavy atom. The first kappa shape index (κ1) is 25.5. The van der Waals surface area contributed by atoms with Gasteiger partial charge in [-0.3, -0.25) is 19.1 Å². The van der Waals surface area contributed by atoms with E-state index in [0.717, 1.165) is 0 Å². The fraction of sp³-hybridized carbons (Fsp3) is 0.381. The number of fused-ring (bicyclic) bond motifs is 1. The lowest BCUT2D eigenvalue weighted by Gasteiger charge is -2.26. The lowest BCUT2D eigenvalue weighted by atomic mass is 10.2. The molecule has 0 bridgehead atoms. The lowest BCUT2D eigenvalue weighted by Crippen LogP contribution is -2.40. The minimum absolute atomic E-state index is 0.0533. The van der Waals surface area contributed by atoms with Crippen LogP contribution in [0.4, 0.5) is 5.69 Å². The molecule has 1 aromatic rings. The Morgan fingerprint density at radius 2 is 1.94 bits per heavy atom. The summed E-state index contributed by atoms with van der Waals surface area (Å²) in [6.45, 7) is 3.18. The number of hydrogen-bond donors (Lipinski definition) is 2. The zero-order valence-corrected chi connectivity index (χ0v) is 20.6. The van der Waals surface area contributed by atoms with Crippen molar-refractivity contribution < 1.29 is 37.1 Å². The molecule has 13 heteroatoms. The van der Waals surface area contributed by atoms with Gasteiger partial charge >= 0.3 is 5.97 Å². The number of carbonyl (C=O) groups is 2. The van der Waals surface area contributed by atoms with Gasteiger partial charge in [0.2, 0.25) is 5.88 Å². The number of ether oxygens (including phenoxy) is 2. The maximum atomic E-state index is 12.7. The Bertz CT molecular complexity index is 1190. The van der Waals surface area contributed by atoms with E-state index in [1.54, 1.807) is 30.0 Å². The van der Waals surface area contributed by atoms with Crippen molar-refractivity contribution in [3.05, 3.63) is 41.9 Å². The minimum Gasteiger partial charge on any atom is -0.497 e. The predicted octanol–water partition coefficient (Wildman–Crippen LogP) is 1.82. The van der Waals surface area contributed by atoms with E-state index in [1.165, 1.54) is 43.0 Å². The molecule has 34 heavy (non-hydrogen) atoms. The number of aliphatic carboxylic acids is 1. The number of likely N-dealkylation sites (N-methyl/N-ethyl adjacent to an activating group) is 1. The molecule has 184 valence electrons. The van der Waals surface area contributed by atoms with Crippen molar-refractivity contribution in [2.24, 2.45) is 0 Å². The third kappa shape index (κ3) is 5.00. The first-order valence-corrected chi connectivity index (χ1v) is 12.2. The Kier molecular flexibility index (Phi) is 7.19. The van der Waals surface area contributed by atoms with Gasteiger partial charge in [0, 0.05) is 25.2 Å². The number of amides is 1. The van der Waals surface area contributed by atoms with Gasteiger partial charge in [-0.25, -0.2) is 4.79 Å². The third-order valence-corrected chi connectivity index (χ3v) is 6.74. The lowest BCUT2D eigenvalue weighted by molar-refractivity contribution is -0.140. The van der Waals surface area contributed by atoms with Gasteiger partial charge in [0.05, 0.1) is 18.6 Å². The molecule has 11 nitrogen and oxygen atoms in total. The molecule has 2 atom stereocenters. The van der Waals surface area contributed by atoms with Gasteiger partial charge in [-0.05, 0) is 50.7 Å². The van der Waals surface area contributed by atoms with Crippen molar-refractivity contribution in [1.82, 2.24) is 9.80 Å². The Morgan fingerprint density at radius 3 is 2.53 bits per heavy atom. The molecule has 2 aliphatic heterocycles. The van der Waals surface area contributed by atoms with Gasteiger partial charge in [0.15, 0.2) is 10.9 Å². The Hall–Kier alpha value is -3.16. The zero-order chi connectivity index (χ0) is 25.4. The van der Waals surface area contributed by atoms with Crippen LogP contribution in [0.15, 0.2) is 41.9 Å². The molecule has 0 aromatic heterocycles. The summed E-state index contributed by atoms with van der Waals surface area (Å²) < 4.78 is 42.9. The third-order valence-electron chi connectivity index (χ3n) is 5.52. The van der Waals surface area contributed by atoms with Crippen molar-refractivity contribution in [1.29, 1.82) is 0 Å². The maximum Gasteiger partial charge on any atom is 0.326 e. The SMILES string of the molecule is COc1ccc2c(c1)O/C(=C/C=C1\C(=O)N(C)C(=S)N1C(C)C(=O)O)N2C(C)CCS(=O)(=O)O. The summed E-state index contributed by atoms with van der Waals surface area (Å²) >= 11 is 5.25. The number of carbonyl (C=O) groups excluding carboxylic acids is 1. The fourth-order valence-corrected chi connectivity index (χ4v) is 4.59. The molecule has 2 heterocycles. The van der Waals surface area contributed by atoms with Crippen LogP contribution in [0.1, 0.15) is 20.3 Å². The fourth-order valence-electron chi connectivity index (χ4n) is 3.61. The molecule has 0 aliphatic carbocycles. The second-order valence-corrected chi connectivity index (χ2v) is 9.75. The number of nitrogens with zero attached hydrogens (tertiary/aromatic N) is 3. The van der Waals surface area contributed by atoms with E-state index in [4.69, 9.17) is 26.2 Å². The second kappa shape index (κ2) is 9.60. The molecule has 1 aromatic carbocycles. The molecule has 1 amide bonds. The van der Waals surface area contributed by atoms with E-state index in [0.29, 0.717) is 17.2 Å². The van der Waals surface area contributed by atoms with Gasteiger partial charge in [-0.2, -0.15) is 8.42 Å². The van der Waals surface area contributed by atoms with Crippen LogP contribution in [0.5, 0.6) is 11.5 Å². The van der Waals surface area contributed by atoms with E-state index in [2.05, 4.69) is 0 Å². The quantitative estimate of drug-likeness (QED) is 0.300. The summed E-state index contributed by atoms with van der Waals surface area (Å²) in [5, 5.41) is 9.51. The highest BCUT2D eigenvalue weighted by Gasteiger charge is 2.40. The summed E-state index contributed by atoms with van der Waals surface area (Å²) in [4.78, 5) is 28.4. The van der Waals surface area contributed by atoms with Gasteiger partial charge in [0.25, 0.3) is 16.0 Å². The van der Waals surface area contributed by atoms with Crippen molar-refractivity contribution in [3.63, 3.8) is 0 Å². The van der Waals surface area contributed by atoms with Crippen LogP contribution in [0.2, 0.25) is 0 Å². The number of allylic oxidation sites excluding steroid dienone is 2. The molecule has 0 radical (unpaired) electrons. The van der Waals surface area contributed by atoms with Crippen LogP contribution in [0.3, 0.4) is 0 Å². The molecule has 0 spiro atoms. The molecule has 2 N–H and O–H groups in total. The summed E-state index contributed by atoms with van der Waals surface area (Å²) in [5.41, 5.74) is 0.687. The molecular formula is C21H25N3O8S2. The van der Waals surface area contributed by atoms with Crippen LogP contribution < -0.4 is 14.4 Å². The summed E-state index contributed by atoms with van der Waals surface area (Å²) in [7, 11) is -1.21. The molecular weight excluding hydrogens is 486 g/mol. The normalized spacial score (nSPS) is 20.1. The number of methoxy groups -OCH3 is 1. The van der Waals surface area contributed by atoms with Crippen molar-refractivity contribution in [2.45, 2.75) is 32.4 Å². The molecule has 2 unspecified atom stereocenters. The standard InChI is InChI=1S/C21H25N3O8S2/c1-12(9-10-34(28,29)30)23-15-6-5-14(31-4)11-17(15)32-18(23)8-7-16-19(25)22(3)21(33)24(16)13(2)20(26)27/h5-8,11-13H,9-10H2,1-4H3,(H,26,27)(H,28,29,30)/b16-7+,18-8+. The van der Waals surface area contributed by atoms with Crippen molar-refractivity contribution in [2.75, 3.05) is 24.8 Å². The van der Waals surface area contributed by atoms with Crippen molar-refractivity contribution in [3.8, 4) is 11.5 Å². The molecule has 0 saturated carbocycles. The number of rotatable bonds is 8. The smallest absolute Gasteiger partial charge is 0.326 e. The highest BCUT2D eigenvalue weighted by Crippen LogP contribution is 2.43. The highest BCUT2D eigenvalue weighted by atomic mass is 32.2. The number of anilines is 1. The van der Waals surface area contributed by atoms with Crippen LogP contribution in [-0.4, -0.2) is 76.9 Å². The number of carboxylic acids is 1. The number of benzene rings is 1. The van der Waals surface area contributed by atoms with Crippen LogP contribution in [-0.2, 0) is 19.7 Å². The molecule has 1 fully saturated rings.